The largest absolute Gasteiger partial charge is 0.497 e. The van der Waals surface area contributed by atoms with Gasteiger partial charge in [0.2, 0.25) is 0 Å². The van der Waals surface area contributed by atoms with Gasteiger partial charge in [-0.05, 0) is 61.4 Å². The molecule has 6 heteroatoms. The molecule has 5 nitrogen and oxygen atoms in total. The predicted octanol–water partition coefficient (Wildman–Crippen LogP) is 5.42. The van der Waals surface area contributed by atoms with Crippen molar-refractivity contribution in [3.63, 3.8) is 0 Å². The Morgan fingerprint density at radius 2 is 1.54 bits per heavy atom. The summed E-state index contributed by atoms with van der Waals surface area (Å²) in [4.78, 5) is 25.4. The van der Waals surface area contributed by atoms with Gasteiger partial charge in [0.15, 0.2) is 0 Å². The van der Waals surface area contributed by atoms with Crippen LogP contribution in [0.5, 0.6) is 5.75 Å². The lowest BCUT2D eigenvalue weighted by atomic mass is 10.1. The molecule has 0 atom stereocenters. The van der Waals surface area contributed by atoms with E-state index in [1.807, 2.05) is 24.3 Å². The van der Waals surface area contributed by atoms with Crippen molar-refractivity contribution in [1.82, 2.24) is 0 Å². The molecule has 0 radical (unpaired) electrons. The summed E-state index contributed by atoms with van der Waals surface area (Å²) < 4.78 is 5.20. The smallest absolute Gasteiger partial charge is 0.303 e. The first kappa shape index (κ1) is 21.8. The molecule has 0 aromatic heterocycles. The summed E-state index contributed by atoms with van der Waals surface area (Å²) >= 11 is 5.93. The standard InChI is InChI=1S/C22H26ClNO4/c1-28-20-14-12-19(13-15-20)24(16-6-4-2-3-5-7-21(25)26)22(27)17-8-10-18(23)11-9-17/h8-15H,2-7,16H2,1H3,(H,25,26). The van der Waals surface area contributed by atoms with Gasteiger partial charge >= 0.3 is 5.97 Å². The van der Waals surface area contributed by atoms with Gasteiger partial charge in [-0.3, -0.25) is 9.59 Å². The number of hydrogen-bond acceptors (Lipinski definition) is 3. The van der Waals surface area contributed by atoms with E-state index in [1.165, 1.54) is 0 Å². The zero-order chi connectivity index (χ0) is 20.4. The molecule has 2 rings (SSSR count). The number of carbonyl (C=O) groups is 2. The predicted molar refractivity (Wildman–Crippen MR) is 111 cm³/mol. The number of carboxylic acid groups (broad SMARTS) is 1. The molecule has 0 saturated carbocycles. The van der Waals surface area contributed by atoms with Gasteiger partial charge in [0.1, 0.15) is 5.75 Å². The van der Waals surface area contributed by atoms with Gasteiger partial charge in [0.05, 0.1) is 7.11 Å². The first-order valence-electron chi connectivity index (χ1n) is 9.44. The van der Waals surface area contributed by atoms with Crippen LogP contribution < -0.4 is 9.64 Å². The summed E-state index contributed by atoms with van der Waals surface area (Å²) in [5, 5.41) is 9.27. The molecule has 0 aliphatic rings. The van der Waals surface area contributed by atoms with E-state index in [9.17, 15) is 9.59 Å². The second kappa shape index (κ2) is 11.3. The Hall–Kier alpha value is -2.53. The number of nitrogens with zero attached hydrogens (tertiary/aromatic N) is 1. The van der Waals surface area contributed by atoms with Gasteiger partial charge in [-0.1, -0.05) is 30.9 Å². The molecule has 150 valence electrons. The molecule has 28 heavy (non-hydrogen) atoms. The van der Waals surface area contributed by atoms with Crippen LogP contribution in [0.3, 0.4) is 0 Å². The monoisotopic (exact) mass is 403 g/mol. The summed E-state index contributed by atoms with van der Waals surface area (Å²) in [5.41, 5.74) is 1.40. The summed E-state index contributed by atoms with van der Waals surface area (Å²) in [5.74, 6) is -0.0898. The van der Waals surface area contributed by atoms with Crippen molar-refractivity contribution in [3.8, 4) is 5.75 Å². The van der Waals surface area contributed by atoms with Crippen LogP contribution in [-0.4, -0.2) is 30.6 Å². The second-order valence-corrected chi connectivity index (χ2v) is 7.01. The van der Waals surface area contributed by atoms with Gasteiger partial charge in [0, 0.05) is 29.2 Å². The lowest BCUT2D eigenvalue weighted by Gasteiger charge is -2.23. The number of carbonyl (C=O) groups excluding carboxylic acids is 1. The molecule has 2 aromatic carbocycles. The highest BCUT2D eigenvalue weighted by Gasteiger charge is 2.17. The molecule has 0 unspecified atom stereocenters. The highest BCUT2D eigenvalue weighted by atomic mass is 35.5. The Bertz CT molecular complexity index is 759. The Morgan fingerprint density at radius 1 is 0.929 bits per heavy atom. The minimum absolute atomic E-state index is 0.0762. The molecule has 1 N–H and O–H groups in total. The number of methoxy groups -OCH3 is 1. The van der Waals surface area contributed by atoms with Crippen LogP contribution in [0, 0.1) is 0 Å². The van der Waals surface area contributed by atoms with Crippen molar-refractivity contribution in [3.05, 3.63) is 59.1 Å². The number of halogens is 1. The number of anilines is 1. The van der Waals surface area contributed by atoms with E-state index < -0.39 is 5.97 Å². The van der Waals surface area contributed by atoms with Crippen molar-refractivity contribution in [1.29, 1.82) is 0 Å². The molecule has 0 fully saturated rings. The van der Waals surface area contributed by atoms with Crippen molar-refractivity contribution in [2.75, 3.05) is 18.6 Å². The first-order valence-corrected chi connectivity index (χ1v) is 9.82. The lowest BCUT2D eigenvalue weighted by molar-refractivity contribution is -0.137. The normalized spacial score (nSPS) is 10.5. The number of amides is 1. The molecule has 0 aliphatic carbocycles. The molecule has 0 saturated heterocycles. The van der Waals surface area contributed by atoms with Gasteiger partial charge in [0.25, 0.3) is 5.91 Å². The highest BCUT2D eigenvalue weighted by Crippen LogP contribution is 2.23. The number of hydrogen-bond donors (Lipinski definition) is 1. The van der Waals surface area contributed by atoms with E-state index in [-0.39, 0.29) is 12.3 Å². The summed E-state index contributed by atoms with van der Waals surface area (Å²) in [6, 6.07) is 14.3. The van der Waals surface area contributed by atoms with Crippen molar-refractivity contribution in [2.45, 2.75) is 38.5 Å². The minimum atomic E-state index is -0.751. The molecule has 2 aromatic rings. The maximum absolute atomic E-state index is 13.0. The van der Waals surface area contributed by atoms with Gasteiger partial charge in [-0.25, -0.2) is 0 Å². The third-order valence-electron chi connectivity index (χ3n) is 4.49. The van der Waals surface area contributed by atoms with E-state index in [2.05, 4.69) is 0 Å². The maximum atomic E-state index is 13.0. The zero-order valence-corrected chi connectivity index (χ0v) is 16.8. The topological polar surface area (TPSA) is 66.8 Å². The fourth-order valence-electron chi connectivity index (χ4n) is 2.93. The number of carboxylic acids is 1. The molecule has 0 aliphatic heterocycles. The summed E-state index contributed by atoms with van der Waals surface area (Å²) in [6.45, 7) is 0.590. The van der Waals surface area contributed by atoms with Gasteiger partial charge < -0.3 is 14.7 Å². The molecular weight excluding hydrogens is 378 g/mol. The van der Waals surface area contributed by atoms with E-state index in [0.717, 1.165) is 37.1 Å². The molecule has 0 bridgehead atoms. The zero-order valence-electron chi connectivity index (χ0n) is 16.1. The molecular formula is C22H26ClNO4. The third kappa shape index (κ3) is 6.89. The maximum Gasteiger partial charge on any atom is 0.303 e. The number of benzene rings is 2. The van der Waals surface area contributed by atoms with Crippen molar-refractivity contribution >= 4 is 29.2 Å². The van der Waals surface area contributed by atoms with Crippen molar-refractivity contribution in [2.24, 2.45) is 0 Å². The van der Waals surface area contributed by atoms with Crippen LogP contribution >= 0.6 is 11.6 Å². The summed E-state index contributed by atoms with van der Waals surface area (Å²) in [7, 11) is 1.61. The van der Waals surface area contributed by atoms with E-state index in [4.69, 9.17) is 21.4 Å². The SMILES string of the molecule is COc1ccc(N(CCCCCCCC(=O)O)C(=O)c2ccc(Cl)cc2)cc1. The minimum Gasteiger partial charge on any atom is -0.497 e. The fraction of sp³-hybridized carbons (Fsp3) is 0.364. The number of unbranched alkanes of at least 4 members (excludes halogenated alkanes) is 4. The van der Waals surface area contributed by atoms with Crippen LogP contribution in [0.1, 0.15) is 48.9 Å². The van der Waals surface area contributed by atoms with E-state index in [1.54, 1.807) is 36.3 Å². The Labute approximate surface area is 170 Å². The number of aliphatic carboxylic acids is 1. The molecule has 0 spiro atoms. The average Bonchev–Trinajstić information content (AvgIpc) is 2.70. The van der Waals surface area contributed by atoms with Crippen molar-refractivity contribution < 1.29 is 19.4 Å². The van der Waals surface area contributed by atoms with Gasteiger partial charge in [-0.15, -0.1) is 0 Å². The average molecular weight is 404 g/mol. The third-order valence-corrected chi connectivity index (χ3v) is 4.74. The first-order chi connectivity index (χ1) is 13.5. The van der Waals surface area contributed by atoms with Gasteiger partial charge in [-0.2, -0.15) is 0 Å². The number of rotatable bonds is 11. The molecule has 1 amide bonds. The second-order valence-electron chi connectivity index (χ2n) is 6.57. The fourth-order valence-corrected chi connectivity index (χ4v) is 3.06. The Morgan fingerprint density at radius 3 is 2.14 bits per heavy atom. The lowest BCUT2D eigenvalue weighted by Crippen LogP contribution is -2.31. The van der Waals surface area contributed by atoms with Crippen LogP contribution in [0.25, 0.3) is 0 Å². The number of ether oxygens (including phenoxy) is 1. The quantitative estimate of drug-likeness (QED) is 0.508. The van der Waals surface area contributed by atoms with Crippen LogP contribution in [0.4, 0.5) is 5.69 Å². The van der Waals surface area contributed by atoms with Crippen LogP contribution in [0.2, 0.25) is 5.02 Å². The Kier molecular flexibility index (Phi) is 8.82. The highest BCUT2D eigenvalue weighted by molar-refractivity contribution is 6.30. The molecule has 0 heterocycles. The van der Waals surface area contributed by atoms with Crippen LogP contribution in [0.15, 0.2) is 48.5 Å². The summed E-state index contributed by atoms with van der Waals surface area (Å²) in [6.07, 6.45) is 4.55. The Balaban J connectivity index is 2.00. The van der Waals surface area contributed by atoms with E-state index >= 15 is 0 Å². The van der Waals surface area contributed by atoms with E-state index in [0.29, 0.717) is 23.6 Å². The van der Waals surface area contributed by atoms with Crippen LogP contribution in [-0.2, 0) is 4.79 Å².